The summed E-state index contributed by atoms with van der Waals surface area (Å²) < 4.78 is 21.4. The number of hydrogen-bond donors (Lipinski definition) is 2. The summed E-state index contributed by atoms with van der Waals surface area (Å²) in [6.07, 6.45) is 0.884. The molecule has 8 nitrogen and oxygen atoms in total. The van der Waals surface area contributed by atoms with Gasteiger partial charge < -0.3 is 18.9 Å². The van der Waals surface area contributed by atoms with Gasteiger partial charge in [-0.25, -0.2) is 0 Å². The zero-order valence-corrected chi connectivity index (χ0v) is 17.2. The molecule has 0 saturated heterocycles. The van der Waals surface area contributed by atoms with Gasteiger partial charge in [-0.05, 0) is 43.7 Å². The van der Waals surface area contributed by atoms with Crippen LogP contribution < -0.4 is 29.8 Å². The van der Waals surface area contributed by atoms with Gasteiger partial charge in [-0.2, -0.15) is 0 Å². The first kappa shape index (κ1) is 21.9. The number of carbonyl (C=O) groups is 2. The number of hydrogen-bond acceptors (Lipinski definition) is 6. The van der Waals surface area contributed by atoms with Crippen molar-refractivity contribution in [2.24, 2.45) is 0 Å². The molecule has 0 radical (unpaired) electrons. The highest BCUT2D eigenvalue weighted by molar-refractivity contribution is 5.99. The van der Waals surface area contributed by atoms with E-state index in [-0.39, 0.29) is 11.7 Å². The van der Waals surface area contributed by atoms with Crippen LogP contribution in [0, 0.1) is 0 Å². The summed E-state index contributed by atoms with van der Waals surface area (Å²) in [5.41, 5.74) is 5.35. The van der Waals surface area contributed by atoms with Gasteiger partial charge >= 0.3 is 0 Å². The number of methoxy groups -OCH3 is 3. The van der Waals surface area contributed by atoms with Crippen molar-refractivity contribution < 1.29 is 28.5 Å². The molecule has 29 heavy (non-hydrogen) atoms. The first-order valence-corrected chi connectivity index (χ1v) is 9.10. The number of amides is 2. The van der Waals surface area contributed by atoms with Gasteiger partial charge in [-0.15, -0.1) is 0 Å². The van der Waals surface area contributed by atoms with E-state index in [1.54, 1.807) is 24.3 Å². The molecule has 8 heteroatoms. The van der Waals surface area contributed by atoms with Gasteiger partial charge in [0.05, 0.1) is 27.4 Å². The Morgan fingerprint density at radius 1 is 0.897 bits per heavy atom. The lowest BCUT2D eigenvalue weighted by atomic mass is 10.1. The Kier molecular flexibility index (Phi) is 7.70. The average molecular weight is 402 g/mol. The highest BCUT2D eigenvalue weighted by atomic mass is 16.5. The smallest absolute Gasteiger partial charge is 0.269 e. The van der Waals surface area contributed by atoms with Gasteiger partial charge in [-0.3, -0.25) is 20.4 Å². The van der Waals surface area contributed by atoms with Crippen LogP contribution in [0.25, 0.3) is 0 Å². The minimum atomic E-state index is -0.537. The first-order chi connectivity index (χ1) is 13.9. The Bertz CT molecular complexity index is 843. The Balaban J connectivity index is 2.09. The van der Waals surface area contributed by atoms with Crippen LogP contribution >= 0.6 is 0 Å². The number of benzene rings is 2. The molecular weight excluding hydrogens is 376 g/mol. The average Bonchev–Trinajstić information content (AvgIpc) is 2.75. The molecule has 2 N–H and O–H groups in total. The third-order valence-corrected chi connectivity index (χ3v) is 4.22. The fourth-order valence-corrected chi connectivity index (χ4v) is 2.50. The quantitative estimate of drug-likeness (QED) is 0.659. The number of rotatable bonds is 8. The minimum Gasteiger partial charge on any atom is -0.493 e. The molecular formula is C21H26N2O6. The molecule has 0 aliphatic heterocycles. The van der Waals surface area contributed by atoms with E-state index in [1.165, 1.54) is 33.5 Å². The lowest BCUT2D eigenvalue weighted by Gasteiger charge is -2.15. The largest absolute Gasteiger partial charge is 0.493 e. The van der Waals surface area contributed by atoms with Crippen LogP contribution in [0.15, 0.2) is 36.4 Å². The maximum Gasteiger partial charge on any atom is 0.269 e. The van der Waals surface area contributed by atoms with E-state index in [0.717, 1.165) is 6.42 Å². The summed E-state index contributed by atoms with van der Waals surface area (Å²) in [6, 6.07) is 9.72. The van der Waals surface area contributed by atoms with Crippen molar-refractivity contribution in [3.8, 4) is 23.0 Å². The minimum absolute atomic E-state index is 0.0352. The van der Waals surface area contributed by atoms with Crippen molar-refractivity contribution in [3.05, 3.63) is 47.5 Å². The fraction of sp³-hybridized carbons (Fsp3) is 0.333. The number of nitrogens with one attached hydrogen (secondary N) is 2. The molecule has 0 heterocycles. The van der Waals surface area contributed by atoms with Crippen LogP contribution in [-0.4, -0.2) is 39.2 Å². The molecule has 0 spiro atoms. The molecule has 0 bridgehead atoms. The molecule has 2 amide bonds. The molecule has 1 unspecified atom stereocenters. The van der Waals surface area contributed by atoms with Crippen molar-refractivity contribution in [2.75, 3.05) is 21.3 Å². The third kappa shape index (κ3) is 5.54. The Labute approximate surface area is 170 Å². The Morgan fingerprint density at radius 3 is 2.00 bits per heavy atom. The van der Waals surface area contributed by atoms with Crippen LogP contribution in [0.1, 0.15) is 41.0 Å². The Morgan fingerprint density at radius 2 is 1.48 bits per heavy atom. The van der Waals surface area contributed by atoms with Crippen LogP contribution in [0.3, 0.4) is 0 Å². The summed E-state index contributed by atoms with van der Waals surface area (Å²) in [7, 11) is 4.38. The van der Waals surface area contributed by atoms with Crippen molar-refractivity contribution >= 4 is 11.8 Å². The normalized spacial score (nSPS) is 11.2. The highest BCUT2D eigenvalue weighted by Crippen LogP contribution is 2.38. The zero-order valence-electron chi connectivity index (χ0n) is 17.2. The number of ether oxygens (including phenoxy) is 4. The molecule has 2 rings (SSSR count). The summed E-state index contributed by atoms with van der Waals surface area (Å²) in [5, 5.41) is 0. The highest BCUT2D eigenvalue weighted by Gasteiger charge is 2.17. The van der Waals surface area contributed by atoms with E-state index < -0.39 is 11.8 Å². The number of hydrazine groups is 1. The second-order valence-corrected chi connectivity index (χ2v) is 6.19. The third-order valence-electron chi connectivity index (χ3n) is 4.22. The van der Waals surface area contributed by atoms with Gasteiger partial charge in [-0.1, -0.05) is 13.0 Å². The SMILES string of the molecule is CCC(C)Oc1cccc(C(=O)NNC(=O)c2cc(OC)c(OC)c(OC)c2)c1. The van der Waals surface area contributed by atoms with Gasteiger partial charge in [0.15, 0.2) is 11.5 Å². The van der Waals surface area contributed by atoms with Crippen molar-refractivity contribution in [1.29, 1.82) is 0 Å². The maximum absolute atomic E-state index is 12.5. The van der Waals surface area contributed by atoms with Crippen molar-refractivity contribution in [3.63, 3.8) is 0 Å². The molecule has 156 valence electrons. The molecule has 0 saturated carbocycles. The first-order valence-electron chi connectivity index (χ1n) is 9.10. The molecule has 2 aromatic rings. The topological polar surface area (TPSA) is 95.1 Å². The van der Waals surface area contributed by atoms with E-state index in [2.05, 4.69) is 10.9 Å². The van der Waals surface area contributed by atoms with Crippen LogP contribution in [0.2, 0.25) is 0 Å². The van der Waals surface area contributed by atoms with E-state index >= 15 is 0 Å². The lowest BCUT2D eigenvalue weighted by Crippen LogP contribution is -2.41. The van der Waals surface area contributed by atoms with E-state index in [1.807, 2.05) is 13.8 Å². The maximum atomic E-state index is 12.5. The molecule has 2 aromatic carbocycles. The van der Waals surface area contributed by atoms with E-state index in [9.17, 15) is 9.59 Å². The second kappa shape index (κ2) is 10.2. The van der Waals surface area contributed by atoms with Gasteiger partial charge in [0.25, 0.3) is 11.8 Å². The summed E-state index contributed by atoms with van der Waals surface area (Å²) in [4.78, 5) is 24.8. The van der Waals surface area contributed by atoms with E-state index in [0.29, 0.717) is 28.6 Å². The molecule has 0 fully saturated rings. The standard InChI is InChI=1S/C21H26N2O6/c1-6-13(2)29-16-9-7-8-14(10-16)20(24)22-23-21(25)15-11-17(26-3)19(28-5)18(12-15)27-4/h7-13H,6H2,1-5H3,(H,22,24)(H,23,25). The Hall–Kier alpha value is -3.42. The molecule has 0 aromatic heterocycles. The van der Waals surface area contributed by atoms with Crippen LogP contribution in [0.4, 0.5) is 0 Å². The summed E-state index contributed by atoms with van der Waals surface area (Å²) in [5.74, 6) is 0.609. The lowest BCUT2D eigenvalue weighted by molar-refractivity contribution is 0.0846. The molecule has 0 aliphatic rings. The predicted octanol–water partition coefficient (Wildman–Crippen LogP) is 2.96. The predicted molar refractivity (Wildman–Crippen MR) is 108 cm³/mol. The van der Waals surface area contributed by atoms with Gasteiger partial charge in [0, 0.05) is 11.1 Å². The van der Waals surface area contributed by atoms with Crippen LogP contribution in [-0.2, 0) is 0 Å². The monoisotopic (exact) mass is 402 g/mol. The number of carbonyl (C=O) groups excluding carboxylic acids is 2. The van der Waals surface area contributed by atoms with Crippen molar-refractivity contribution in [2.45, 2.75) is 26.4 Å². The second-order valence-electron chi connectivity index (χ2n) is 6.19. The summed E-state index contributed by atoms with van der Waals surface area (Å²) in [6.45, 7) is 3.96. The zero-order chi connectivity index (χ0) is 21.4. The van der Waals surface area contributed by atoms with Gasteiger partial charge in [0.2, 0.25) is 5.75 Å². The van der Waals surface area contributed by atoms with E-state index in [4.69, 9.17) is 18.9 Å². The van der Waals surface area contributed by atoms with Gasteiger partial charge in [0.1, 0.15) is 5.75 Å². The molecule has 1 atom stereocenters. The van der Waals surface area contributed by atoms with Crippen LogP contribution in [0.5, 0.6) is 23.0 Å². The summed E-state index contributed by atoms with van der Waals surface area (Å²) >= 11 is 0. The molecule has 0 aliphatic carbocycles. The fourth-order valence-electron chi connectivity index (χ4n) is 2.50. The van der Waals surface area contributed by atoms with Crippen molar-refractivity contribution in [1.82, 2.24) is 10.9 Å².